The molecular formula is C22H22FN3O5S. The van der Waals surface area contributed by atoms with Gasteiger partial charge in [0, 0.05) is 17.4 Å². The molecule has 0 atom stereocenters. The van der Waals surface area contributed by atoms with E-state index < -0.39 is 28.1 Å². The van der Waals surface area contributed by atoms with Crippen LogP contribution >= 0.6 is 0 Å². The zero-order valence-electron chi connectivity index (χ0n) is 17.3. The number of aryl methyl sites for hydroxylation is 1. The van der Waals surface area contributed by atoms with Gasteiger partial charge in [-0.25, -0.2) is 12.8 Å². The molecule has 0 radical (unpaired) electrons. The normalized spacial score (nSPS) is 11.8. The number of rotatable bonds is 7. The smallest absolute Gasteiger partial charge is 0.260 e. The summed E-state index contributed by atoms with van der Waals surface area (Å²) in [6.45, 7) is 1.01. The molecule has 1 heterocycles. The predicted molar refractivity (Wildman–Crippen MR) is 122 cm³/mol. The molecule has 0 fully saturated rings. The van der Waals surface area contributed by atoms with Crippen LogP contribution in [-0.4, -0.2) is 29.5 Å². The second-order valence-electron chi connectivity index (χ2n) is 7.17. The molecule has 0 aliphatic carbocycles. The van der Waals surface area contributed by atoms with Crippen molar-refractivity contribution in [2.75, 3.05) is 11.7 Å². The molecule has 10 heteroatoms. The van der Waals surface area contributed by atoms with Crippen molar-refractivity contribution in [1.29, 1.82) is 0 Å². The van der Waals surface area contributed by atoms with Crippen LogP contribution in [0.1, 0.15) is 16.7 Å². The lowest BCUT2D eigenvalue weighted by atomic mass is 9.99. The minimum Gasteiger partial charge on any atom is -0.507 e. The van der Waals surface area contributed by atoms with Gasteiger partial charge in [0.15, 0.2) is 0 Å². The fourth-order valence-electron chi connectivity index (χ4n) is 3.02. The van der Waals surface area contributed by atoms with Crippen molar-refractivity contribution in [3.05, 3.63) is 81.5 Å². The number of hydrogen-bond donors (Lipinski definition) is 4. The molecule has 3 rings (SSSR count). The molecule has 0 saturated carbocycles. The van der Waals surface area contributed by atoms with Gasteiger partial charge in [0.1, 0.15) is 18.3 Å². The fourth-order valence-corrected chi connectivity index (χ4v) is 3.32. The minimum atomic E-state index is -3.39. The van der Waals surface area contributed by atoms with E-state index >= 15 is 0 Å². The van der Waals surface area contributed by atoms with Crippen molar-refractivity contribution in [2.45, 2.75) is 13.7 Å². The van der Waals surface area contributed by atoms with Crippen LogP contribution in [0, 0.1) is 12.7 Å². The third kappa shape index (κ3) is 5.61. The molecule has 0 amide bonds. The summed E-state index contributed by atoms with van der Waals surface area (Å²) in [6.07, 6.45) is 5.32. The van der Waals surface area contributed by atoms with E-state index in [9.17, 15) is 27.8 Å². The number of aromatic nitrogens is 1. The third-order valence-corrected chi connectivity index (χ3v) is 5.07. The molecule has 1 aromatic heterocycles. The summed E-state index contributed by atoms with van der Waals surface area (Å²) in [5.41, 5.74) is 4.69. The largest absolute Gasteiger partial charge is 0.507 e. The zero-order valence-corrected chi connectivity index (χ0v) is 18.1. The summed E-state index contributed by atoms with van der Waals surface area (Å²) < 4.78 is 37.0. The number of pyridine rings is 1. The lowest BCUT2D eigenvalue weighted by Gasteiger charge is -2.10. The van der Waals surface area contributed by atoms with Gasteiger partial charge in [-0.05, 0) is 53.9 Å². The van der Waals surface area contributed by atoms with Crippen molar-refractivity contribution in [1.82, 2.24) is 9.40 Å². The van der Waals surface area contributed by atoms with Gasteiger partial charge >= 0.3 is 0 Å². The lowest BCUT2D eigenvalue weighted by Crippen LogP contribution is -2.27. The van der Waals surface area contributed by atoms with E-state index in [1.165, 1.54) is 0 Å². The first-order valence-corrected chi connectivity index (χ1v) is 11.3. The second kappa shape index (κ2) is 9.35. The highest BCUT2D eigenvalue weighted by Gasteiger charge is 2.12. The Balaban J connectivity index is 1.91. The SMILES string of the molecule is Cc1cc(-c2cc(F)cn(CO)c2=O)cc(/C=C/c2ccc(NNS(C)(=O)=O)cc2)c1O. The Morgan fingerprint density at radius 3 is 2.44 bits per heavy atom. The van der Waals surface area contributed by atoms with E-state index in [0.29, 0.717) is 22.4 Å². The van der Waals surface area contributed by atoms with Gasteiger partial charge < -0.3 is 15.6 Å². The van der Waals surface area contributed by atoms with Crippen molar-refractivity contribution >= 4 is 27.9 Å². The third-order valence-electron chi connectivity index (χ3n) is 4.59. The molecule has 0 unspecified atom stereocenters. The Morgan fingerprint density at radius 1 is 1.12 bits per heavy atom. The molecule has 2 aromatic carbocycles. The molecule has 0 aliphatic rings. The average Bonchev–Trinajstić information content (AvgIpc) is 2.74. The van der Waals surface area contributed by atoms with E-state index in [2.05, 4.69) is 10.3 Å². The Morgan fingerprint density at radius 2 is 1.81 bits per heavy atom. The number of aliphatic hydroxyl groups is 1. The van der Waals surface area contributed by atoms with E-state index in [-0.39, 0.29) is 11.3 Å². The van der Waals surface area contributed by atoms with Crippen molar-refractivity contribution in [3.63, 3.8) is 0 Å². The first kappa shape index (κ1) is 23.2. The second-order valence-corrected chi connectivity index (χ2v) is 8.92. The Labute approximate surface area is 184 Å². The number of phenols is 1. The summed E-state index contributed by atoms with van der Waals surface area (Å²) in [5, 5.41) is 19.7. The molecule has 0 bridgehead atoms. The van der Waals surface area contributed by atoms with Crippen LogP contribution in [0.25, 0.3) is 23.3 Å². The van der Waals surface area contributed by atoms with E-state index in [4.69, 9.17) is 0 Å². The van der Waals surface area contributed by atoms with Crippen LogP contribution in [0.2, 0.25) is 0 Å². The van der Waals surface area contributed by atoms with Crippen LogP contribution < -0.4 is 15.8 Å². The number of nitrogens with zero attached hydrogens (tertiary/aromatic N) is 1. The number of anilines is 1. The topological polar surface area (TPSA) is 121 Å². The minimum absolute atomic E-state index is 0.0134. The maximum Gasteiger partial charge on any atom is 0.260 e. The van der Waals surface area contributed by atoms with E-state index in [1.54, 1.807) is 55.5 Å². The number of halogens is 1. The number of aromatic hydroxyl groups is 1. The molecule has 3 aromatic rings. The Bertz CT molecular complexity index is 1330. The molecular weight excluding hydrogens is 437 g/mol. The average molecular weight is 459 g/mol. The summed E-state index contributed by atoms with van der Waals surface area (Å²) in [7, 11) is -3.39. The molecule has 168 valence electrons. The van der Waals surface area contributed by atoms with E-state index in [0.717, 1.165) is 28.6 Å². The number of nitrogens with one attached hydrogen (secondary N) is 2. The van der Waals surface area contributed by atoms with Crippen LogP contribution in [0.5, 0.6) is 5.75 Å². The summed E-state index contributed by atoms with van der Waals surface area (Å²) >= 11 is 0. The van der Waals surface area contributed by atoms with Crippen molar-refractivity contribution in [2.24, 2.45) is 0 Å². The molecule has 0 saturated heterocycles. The van der Waals surface area contributed by atoms with Crippen LogP contribution in [-0.2, 0) is 16.8 Å². The number of sulfonamides is 1. The first-order valence-electron chi connectivity index (χ1n) is 9.43. The molecule has 8 nitrogen and oxygen atoms in total. The maximum absolute atomic E-state index is 13.9. The van der Waals surface area contributed by atoms with Crippen LogP contribution in [0.3, 0.4) is 0 Å². The highest BCUT2D eigenvalue weighted by molar-refractivity contribution is 7.88. The first-order chi connectivity index (χ1) is 15.1. The molecule has 32 heavy (non-hydrogen) atoms. The van der Waals surface area contributed by atoms with Gasteiger partial charge in [0.05, 0.1) is 11.8 Å². The van der Waals surface area contributed by atoms with E-state index in [1.807, 2.05) is 0 Å². The van der Waals surface area contributed by atoms with Gasteiger partial charge in [-0.15, -0.1) is 4.83 Å². The quantitative estimate of drug-likeness (QED) is 0.319. The van der Waals surface area contributed by atoms with Gasteiger partial charge in [0.2, 0.25) is 10.0 Å². The fraction of sp³-hybridized carbons (Fsp3) is 0.136. The standard InChI is InChI=1S/C22H22FN3O5S/c1-14-9-17(20-11-18(23)12-26(13-27)22(20)29)10-16(21(14)28)6-3-15-4-7-19(8-5-15)24-25-32(2,30)31/h3-12,24-25,27-28H,13H2,1-2H3/b6-3+. The van der Waals surface area contributed by atoms with Crippen molar-refractivity contribution < 1.29 is 23.0 Å². The number of hydrogen-bond acceptors (Lipinski definition) is 6. The number of phenolic OH excluding ortho intramolecular Hbond substituents is 1. The van der Waals surface area contributed by atoms with Gasteiger partial charge in [-0.2, -0.15) is 0 Å². The molecule has 4 N–H and O–H groups in total. The molecule has 0 aliphatic heterocycles. The molecule has 0 spiro atoms. The maximum atomic E-state index is 13.9. The Hall–Kier alpha value is -3.47. The Kier molecular flexibility index (Phi) is 6.78. The number of aliphatic hydroxyl groups excluding tert-OH is 1. The highest BCUT2D eigenvalue weighted by Crippen LogP contribution is 2.30. The summed E-state index contributed by atoms with van der Waals surface area (Å²) in [6, 6.07) is 11.0. The number of hydrazine groups is 1. The monoisotopic (exact) mass is 459 g/mol. The summed E-state index contributed by atoms with van der Waals surface area (Å²) in [5.74, 6) is -0.657. The highest BCUT2D eigenvalue weighted by atomic mass is 32.2. The lowest BCUT2D eigenvalue weighted by molar-refractivity contribution is 0.204. The van der Waals surface area contributed by atoms with Crippen LogP contribution in [0.15, 0.2) is 53.5 Å². The summed E-state index contributed by atoms with van der Waals surface area (Å²) in [4.78, 5) is 14.7. The zero-order chi connectivity index (χ0) is 23.5. The van der Waals surface area contributed by atoms with Crippen LogP contribution in [0.4, 0.5) is 10.1 Å². The van der Waals surface area contributed by atoms with Gasteiger partial charge in [0.25, 0.3) is 5.56 Å². The van der Waals surface area contributed by atoms with Gasteiger partial charge in [-0.3, -0.25) is 9.36 Å². The predicted octanol–water partition coefficient (Wildman–Crippen LogP) is 2.66. The van der Waals surface area contributed by atoms with Crippen molar-refractivity contribution in [3.8, 4) is 16.9 Å². The van der Waals surface area contributed by atoms with Gasteiger partial charge in [-0.1, -0.05) is 24.3 Å². The number of benzene rings is 2.